The van der Waals surface area contributed by atoms with E-state index >= 15 is 0 Å². The number of methoxy groups -OCH3 is 1. The summed E-state index contributed by atoms with van der Waals surface area (Å²) in [6, 6.07) is 3.36. The number of carbonyl (C=O) groups excluding carboxylic acids is 1. The van der Waals surface area contributed by atoms with E-state index in [4.69, 9.17) is 9.26 Å². The lowest BCUT2D eigenvalue weighted by atomic mass is 10.2. The minimum atomic E-state index is -0.291. The quantitative estimate of drug-likeness (QED) is 0.780. The molecule has 0 fully saturated rings. The lowest BCUT2D eigenvalue weighted by Gasteiger charge is -2.07. The second-order valence-corrected chi connectivity index (χ2v) is 4.16. The summed E-state index contributed by atoms with van der Waals surface area (Å²) in [4.78, 5) is 16.0. The van der Waals surface area contributed by atoms with Crippen LogP contribution >= 0.6 is 0 Å². The molecule has 0 radical (unpaired) electrons. The summed E-state index contributed by atoms with van der Waals surface area (Å²) < 4.78 is 9.83. The first kappa shape index (κ1) is 14.0. The van der Waals surface area contributed by atoms with Gasteiger partial charge in [0.25, 0.3) is 5.91 Å². The molecule has 0 aliphatic rings. The summed E-state index contributed by atoms with van der Waals surface area (Å²) in [5, 5.41) is 9.45. The van der Waals surface area contributed by atoms with Crippen LogP contribution in [0.2, 0.25) is 0 Å². The number of aromatic nitrogens is 2. The fourth-order valence-electron chi connectivity index (χ4n) is 1.57. The van der Waals surface area contributed by atoms with Gasteiger partial charge in [0.05, 0.1) is 17.9 Å². The van der Waals surface area contributed by atoms with Crippen LogP contribution in [0.25, 0.3) is 0 Å². The zero-order valence-electron chi connectivity index (χ0n) is 11.3. The largest absolute Gasteiger partial charge is 0.383 e. The van der Waals surface area contributed by atoms with Gasteiger partial charge in [-0.1, -0.05) is 5.16 Å². The minimum Gasteiger partial charge on any atom is -0.383 e. The van der Waals surface area contributed by atoms with Crippen LogP contribution in [0.1, 0.15) is 16.1 Å². The second kappa shape index (κ2) is 6.67. The molecule has 20 heavy (non-hydrogen) atoms. The van der Waals surface area contributed by atoms with Crippen molar-refractivity contribution in [1.82, 2.24) is 10.1 Å². The van der Waals surface area contributed by atoms with Gasteiger partial charge in [-0.25, -0.2) is 0 Å². The zero-order valence-corrected chi connectivity index (χ0v) is 11.3. The van der Waals surface area contributed by atoms with E-state index in [0.29, 0.717) is 30.3 Å². The molecule has 0 spiro atoms. The number of hydrogen-bond donors (Lipinski definition) is 2. The predicted octanol–water partition coefficient (Wildman–Crippen LogP) is 1.69. The van der Waals surface area contributed by atoms with Crippen LogP contribution in [0.3, 0.4) is 0 Å². The Bertz CT molecular complexity index is 583. The maximum Gasteiger partial charge on any atom is 0.258 e. The highest BCUT2D eigenvalue weighted by atomic mass is 16.5. The number of nitrogens with zero attached hydrogens (tertiary/aromatic N) is 2. The van der Waals surface area contributed by atoms with Gasteiger partial charge in [0.1, 0.15) is 5.76 Å². The number of pyridine rings is 1. The van der Waals surface area contributed by atoms with Gasteiger partial charge >= 0.3 is 0 Å². The van der Waals surface area contributed by atoms with Gasteiger partial charge in [0.2, 0.25) is 0 Å². The standard InChI is InChI=1S/C13H16N4O3/c1-9-5-12(17-20-9)16-13(18)10-6-11(8-14-7-10)15-3-4-19-2/h5-8,15H,3-4H2,1-2H3,(H,16,17,18). The van der Waals surface area contributed by atoms with Gasteiger partial charge in [-0.2, -0.15) is 0 Å². The summed E-state index contributed by atoms with van der Waals surface area (Å²) >= 11 is 0. The van der Waals surface area contributed by atoms with E-state index in [0.717, 1.165) is 5.69 Å². The molecule has 2 aromatic heterocycles. The van der Waals surface area contributed by atoms with E-state index in [2.05, 4.69) is 20.8 Å². The molecule has 7 heteroatoms. The van der Waals surface area contributed by atoms with Gasteiger partial charge in [-0.3, -0.25) is 9.78 Å². The Hall–Kier alpha value is -2.41. The number of hydrogen-bond acceptors (Lipinski definition) is 6. The Labute approximate surface area is 116 Å². The Morgan fingerprint density at radius 2 is 2.25 bits per heavy atom. The number of nitrogens with one attached hydrogen (secondary N) is 2. The van der Waals surface area contributed by atoms with Crippen LogP contribution in [-0.2, 0) is 4.74 Å². The zero-order chi connectivity index (χ0) is 14.4. The molecule has 0 aromatic carbocycles. The van der Waals surface area contributed by atoms with Gasteiger partial charge in [-0.15, -0.1) is 0 Å². The third kappa shape index (κ3) is 3.79. The number of carbonyl (C=O) groups is 1. The Kier molecular flexibility index (Phi) is 4.67. The Balaban J connectivity index is 2.00. The molecule has 2 aromatic rings. The van der Waals surface area contributed by atoms with Crippen LogP contribution in [0.15, 0.2) is 29.0 Å². The minimum absolute atomic E-state index is 0.291. The van der Waals surface area contributed by atoms with Gasteiger partial charge in [0, 0.05) is 32.1 Å². The van der Waals surface area contributed by atoms with Crippen LogP contribution in [0.5, 0.6) is 0 Å². The molecule has 7 nitrogen and oxygen atoms in total. The average molecular weight is 276 g/mol. The maximum atomic E-state index is 12.0. The van der Waals surface area contributed by atoms with E-state index in [-0.39, 0.29) is 5.91 Å². The van der Waals surface area contributed by atoms with Crippen molar-refractivity contribution in [3.8, 4) is 0 Å². The van der Waals surface area contributed by atoms with Gasteiger partial charge in [0.15, 0.2) is 5.82 Å². The van der Waals surface area contributed by atoms with Crippen molar-refractivity contribution in [3.05, 3.63) is 35.9 Å². The Morgan fingerprint density at radius 3 is 2.95 bits per heavy atom. The van der Waals surface area contributed by atoms with Crippen LogP contribution in [-0.4, -0.2) is 36.3 Å². The molecule has 0 bridgehead atoms. The summed E-state index contributed by atoms with van der Waals surface area (Å²) in [6.07, 6.45) is 3.14. The van der Waals surface area contributed by atoms with Crippen molar-refractivity contribution >= 4 is 17.4 Å². The molecular formula is C13H16N4O3. The molecule has 1 amide bonds. The molecule has 0 unspecified atom stereocenters. The fourth-order valence-corrected chi connectivity index (χ4v) is 1.57. The van der Waals surface area contributed by atoms with E-state index in [1.807, 2.05) is 0 Å². The molecule has 0 aliphatic heterocycles. The van der Waals surface area contributed by atoms with E-state index < -0.39 is 0 Å². The average Bonchev–Trinajstić information content (AvgIpc) is 2.85. The van der Waals surface area contributed by atoms with Gasteiger partial charge < -0.3 is 19.9 Å². The molecular weight excluding hydrogens is 260 g/mol. The van der Waals surface area contributed by atoms with Crippen molar-refractivity contribution in [3.63, 3.8) is 0 Å². The molecule has 2 rings (SSSR count). The normalized spacial score (nSPS) is 10.3. The maximum absolute atomic E-state index is 12.0. The lowest BCUT2D eigenvalue weighted by molar-refractivity contribution is 0.102. The van der Waals surface area contributed by atoms with Crippen molar-refractivity contribution in [2.75, 3.05) is 30.9 Å². The van der Waals surface area contributed by atoms with Crippen LogP contribution < -0.4 is 10.6 Å². The third-order valence-corrected chi connectivity index (χ3v) is 2.51. The van der Waals surface area contributed by atoms with Gasteiger partial charge in [-0.05, 0) is 13.0 Å². The number of ether oxygens (including phenoxy) is 1. The summed E-state index contributed by atoms with van der Waals surface area (Å²) in [5.74, 6) is 0.722. The highest BCUT2D eigenvalue weighted by Gasteiger charge is 2.09. The monoisotopic (exact) mass is 276 g/mol. The molecule has 0 atom stereocenters. The highest BCUT2D eigenvalue weighted by Crippen LogP contribution is 2.12. The second-order valence-electron chi connectivity index (χ2n) is 4.16. The van der Waals surface area contributed by atoms with Crippen LogP contribution in [0.4, 0.5) is 11.5 Å². The lowest BCUT2D eigenvalue weighted by Crippen LogP contribution is -2.13. The van der Waals surface area contributed by atoms with Crippen molar-refractivity contribution < 1.29 is 14.1 Å². The number of aryl methyl sites for hydroxylation is 1. The molecule has 0 saturated carbocycles. The first-order chi connectivity index (χ1) is 9.69. The Morgan fingerprint density at radius 1 is 1.40 bits per heavy atom. The topological polar surface area (TPSA) is 89.3 Å². The molecule has 2 N–H and O–H groups in total. The molecule has 0 saturated heterocycles. The van der Waals surface area contributed by atoms with Crippen molar-refractivity contribution in [2.45, 2.75) is 6.92 Å². The first-order valence-corrected chi connectivity index (χ1v) is 6.11. The van der Waals surface area contributed by atoms with E-state index in [9.17, 15) is 4.79 Å². The third-order valence-electron chi connectivity index (χ3n) is 2.51. The molecule has 2 heterocycles. The SMILES string of the molecule is COCCNc1cncc(C(=O)Nc2cc(C)on2)c1. The predicted molar refractivity (Wildman–Crippen MR) is 73.8 cm³/mol. The van der Waals surface area contributed by atoms with E-state index in [1.165, 1.54) is 6.20 Å². The van der Waals surface area contributed by atoms with Crippen molar-refractivity contribution in [1.29, 1.82) is 0 Å². The summed E-state index contributed by atoms with van der Waals surface area (Å²) in [6.45, 7) is 2.98. The highest BCUT2D eigenvalue weighted by molar-refractivity contribution is 6.04. The summed E-state index contributed by atoms with van der Waals surface area (Å²) in [7, 11) is 1.63. The van der Waals surface area contributed by atoms with Crippen molar-refractivity contribution in [2.24, 2.45) is 0 Å². The smallest absolute Gasteiger partial charge is 0.258 e. The molecule has 0 aliphatic carbocycles. The first-order valence-electron chi connectivity index (χ1n) is 6.11. The fraction of sp³-hybridized carbons (Fsp3) is 0.308. The number of amides is 1. The van der Waals surface area contributed by atoms with E-state index in [1.54, 1.807) is 32.4 Å². The number of anilines is 2. The number of rotatable bonds is 6. The van der Waals surface area contributed by atoms with Crippen LogP contribution in [0, 0.1) is 6.92 Å². The summed E-state index contributed by atoms with van der Waals surface area (Å²) in [5.41, 5.74) is 1.19. The molecule has 106 valence electrons.